The topological polar surface area (TPSA) is 92.3 Å². The molecule has 1 aromatic heterocycles. The van der Waals surface area contributed by atoms with Gasteiger partial charge in [0.2, 0.25) is 11.0 Å². The van der Waals surface area contributed by atoms with Gasteiger partial charge in [0, 0.05) is 11.5 Å². The summed E-state index contributed by atoms with van der Waals surface area (Å²) in [5.41, 5.74) is 1.06. The quantitative estimate of drug-likeness (QED) is 0.827. The Hall–Kier alpha value is -2.00. The van der Waals surface area contributed by atoms with Gasteiger partial charge in [-0.3, -0.25) is 9.10 Å². The third kappa shape index (κ3) is 3.25. The highest BCUT2D eigenvalue weighted by Crippen LogP contribution is 2.37. The van der Waals surface area contributed by atoms with Crippen LogP contribution < -0.4 is 9.62 Å². The van der Waals surface area contributed by atoms with Crippen LogP contribution in [0.25, 0.3) is 0 Å². The van der Waals surface area contributed by atoms with Crippen molar-refractivity contribution in [3.05, 3.63) is 29.8 Å². The van der Waals surface area contributed by atoms with Crippen LogP contribution in [0.3, 0.4) is 0 Å². The second kappa shape index (κ2) is 6.06. The molecule has 0 bridgehead atoms. The fourth-order valence-electron chi connectivity index (χ4n) is 2.64. The first-order chi connectivity index (χ1) is 11.6. The summed E-state index contributed by atoms with van der Waals surface area (Å²) in [6.07, 6.45) is 0.655. The van der Waals surface area contributed by atoms with E-state index in [-0.39, 0.29) is 21.4 Å². The number of aromatic nitrogens is 2. The highest BCUT2D eigenvalue weighted by Gasteiger charge is 2.38. The molecule has 1 aliphatic heterocycles. The summed E-state index contributed by atoms with van der Waals surface area (Å²) < 4.78 is 27.3. The lowest BCUT2D eigenvalue weighted by Crippen LogP contribution is -2.35. The molecule has 0 saturated carbocycles. The number of amides is 1. The Morgan fingerprint density at radius 1 is 1.28 bits per heavy atom. The first kappa shape index (κ1) is 17.8. The standard InChI is InChI=1S/C16H20N4O3S2/c1-10-9-11-7-5-6-8-12(11)20(10)25(22,23)15-19-18-14(24-15)17-13(21)16(2,3)4/h5-8,10H,9H2,1-4H3,(H,17,18,21)/t10-/m1/s1. The summed E-state index contributed by atoms with van der Waals surface area (Å²) in [5, 5.41) is 10.4. The predicted molar refractivity (Wildman–Crippen MR) is 97.3 cm³/mol. The van der Waals surface area contributed by atoms with Crippen molar-refractivity contribution in [2.24, 2.45) is 5.41 Å². The highest BCUT2D eigenvalue weighted by atomic mass is 32.2. The molecule has 0 unspecified atom stereocenters. The van der Waals surface area contributed by atoms with Crippen LogP contribution in [0.4, 0.5) is 10.8 Å². The average Bonchev–Trinajstić information content (AvgIpc) is 3.10. The number of carbonyl (C=O) groups is 1. The van der Waals surface area contributed by atoms with Gasteiger partial charge >= 0.3 is 0 Å². The molecule has 3 rings (SSSR count). The van der Waals surface area contributed by atoms with Crippen molar-refractivity contribution < 1.29 is 13.2 Å². The van der Waals surface area contributed by atoms with E-state index in [0.29, 0.717) is 12.1 Å². The molecule has 25 heavy (non-hydrogen) atoms. The van der Waals surface area contributed by atoms with Crippen molar-refractivity contribution in [1.29, 1.82) is 0 Å². The minimum absolute atomic E-state index is 0.125. The molecule has 0 aliphatic carbocycles. The number of rotatable bonds is 3. The zero-order valence-corrected chi connectivity index (χ0v) is 16.1. The second-order valence-corrected chi connectivity index (χ2v) is 10.0. The number of benzene rings is 1. The number of nitrogens with one attached hydrogen (secondary N) is 1. The number of nitrogens with zero attached hydrogens (tertiary/aromatic N) is 3. The second-order valence-electron chi connectivity index (χ2n) is 7.06. The van der Waals surface area contributed by atoms with Crippen LogP contribution in [0.2, 0.25) is 0 Å². The maximum Gasteiger partial charge on any atom is 0.293 e. The van der Waals surface area contributed by atoms with Crippen LogP contribution in [0.5, 0.6) is 0 Å². The van der Waals surface area contributed by atoms with Gasteiger partial charge in [0.15, 0.2) is 0 Å². The first-order valence-electron chi connectivity index (χ1n) is 7.88. The molecule has 134 valence electrons. The van der Waals surface area contributed by atoms with Crippen LogP contribution in [0.15, 0.2) is 28.6 Å². The van der Waals surface area contributed by atoms with Gasteiger partial charge < -0.3 is 5.32 Å². The van der Waals surface area contributed by atoms with E-state index in [1.165, 1.54) is 4.31 Å². The Morgan fingerprint density at radius 2 is 1.96 bits per heavy atom. The first-order valence-corrected chi connectivity index (χ1v) is 10.1. The number of para-hydroxylation sites is 1. The van der Waals surface area contributed by atoms with Crippen LogP contribution in [0, 0.1) is 5.41 Å². The largest absolute Gasteiger partial charge is 0.300 e. The summed E-state index contributed by atoms with van der Waals surface area (Å²) >= 11 is 0.864. The number of hydrogen-bond donors (Lipinski definition) is 1. The fraction of sp³-hybridized carbons (Fsp3) is 0.438. The van der Waals surface area contributed by atoms with Crippen LogP contribution in [0.1, 0.15) is 33.3 Å². The normalized spacial score (nSPS) is 17.4. The summed E-state index contributed by atoms with van der Waals surface area (Å²) in [4.78, 5) is 12.0. The molecule has 0 saturated heterocycles. The van der Waals surface area contributed by atoms with Crippen molar-refractivity contribution in [2.45, 2.75) is 44.5 Å². The lowest BCUT2D eigenvalue weighted by molar-refractivity contribution is -0.123. The van der Waals surface area contributed by atoms with E-state index < -0.39 is 15.4 Å². The van der Waals surface area contributed by atoms with Gasteiger partial charge in [0.1, 0.15) is 0 Å². The van der Waals surface area contributed by atoms with Gasteiger partial charge in [0.05, 0.1) is 5.69 Å². The number of hydrogen-bond acceptors (Lipinski definition) is 6. The summed E-state index contributed by atoms with van der Waals surface area (Å²) in [7, 11) is -3.82. The Kier molecular flexibility index (Phi) is 4.32. The monoisotopic (exact) mass is 380 g/mol. The van der Waals surface area contributed by atoms with Crippen molar-refractivity contribution in [2.75, 3.05) is 9.62 Å². The zero-order valence-electron chi connectivity index (χ0n) is 14.5. The molecular formula is C16H20N4O3S2. The molecule has 1 aromatic carbocycles. The molecule has 0 spiro atoms. The lowest BCUT2D eigenvalue weighted by Gasteiger charge is -2.22. The van der Waals surface area contributed by atoms with Crippen LogP contribution in [-0.2, 0) is 21.2 Å². The van der Waals surface area contributed by atoms with Gasteiger partial charge in [-0.15, -0.1) is 10.2 Å². The van der Waals surface area contributed by atoms with E-state index in [0.717, 1.165) is 16.9 Å². The van der Waals surface area contributed by atoms with Gasteiger partial charge in [-0.1, -0.05) is 50.3 Å². The number of anilines is 2. The van der Waals surface area contributed by atoms with E-state index in [2.05, 4.69) is 15.5 Å². The number of carbonyl (C=O) groups excluding carboxylic acids is 1. The minimum Gasteiger partial charge on any atom is -0.300 e. The Balaban J connectivity index is 1.91. The fourth-order valence-corrected chi connectivity index (χ4v) is 5.31. The molecule has 1 N–H and O–H groups in total. The van der Waals surface area contributed by atoms with E-state index in [1.807, 2.05) is 25.1 Å². The summed E-state index contributed by atoms with van der Waals surface area (Å²) in [6.45, 7) is 7.17. The third-order valence-corrected chi connectivity index (χ3v) is 7.05. The lowest BCUT2D eigenvalue weighted by atomic mass is 9.96. The number of sulfonamides is 1. The van der Waals surface area contributed by atoms with Crippen LogP contribution >= 0.6 is 11.3 Å². The van der Waals surface area contributed by atoms with Crippen molar-refractivity contribution in [3.63, 3.8) is 0 Å². The van der Waals surface area contributed by atoms with Crippen molar-refractivity contribution >= 4 is 38.1 Å². The van der Waals surface area contributed by atoms with E-state index >= 15 is 0 Å². The molecule has 9 heteroatoms. The van der Waals surface area contributed by atoms with Gasteiger partial charge in [-0.05, 0) is 25.0 Å². The van der Waals surface area contributed by atoms with Gasteiger partial charge in [-0.25, -0.2) is 0 Å². The molecule has 2 heterocycles. The minimum atomic E-state index is -3.82. The summed E-state index contributed by atoms with van der Waals surface area (Å²) in [6, 6.07) is 7.23. The molecule has 1 atom stereocenters. The zero-order chi connectivity index (χ0) is 18.4. The highest BCUT2D eigenvalue weighted by molar-refractivity contribution is 7.94. The average molecular weight is 380 g/mol. The molecule has 1 aliphatic rings. The van der Waals surface area contributed by atoms with Crippen molar-refractivity contribution in [1.82, 2.24) is 10.2 Å². The molecule has 0 radical (unpaired) electrons. The molecule has 0 fully saturated rings. The van der Waals surface area contributed by atoms with E-state index in [4.69, 9.17) is 0 Å². The maximum atomic E-state index is 13.0. The molecule has 2 aromatic rings. The molecule has 7 nitrogen and oxygen atoms in total. The van der Waals surface area contributed by atoms with Crippen LogP contribution in [-0.4, -0.2) is 30.6 Å². The molecular weight excluding hydrogens is 360 g/mol. The van der Waals surface area contributed by atoms with E-state index in [9.17, 15) is 13.2 Å². The van der Waals surface area contributed by atoms with Gasteiger partial charge in [0.25, 0.3) is 14.4 Å². The summed E-state index contributed by atoms with van der Waals surface area (Å²) in [5.74, 6) is -0.243. The Bertz CT molecular complexity index is 915. The van der Waals surface area contributed by atoms with E-state index in [1.54, 1.807) is 26.8 Å². The smallest absolute Gasteiger partial charge is 0.293 e. The predicted octanol–water partition coefficient (Wildman–Crippen LogP) is 2.66. The Morgan fingerprint density at radius 3 is 2.64 bits per heavy atom. The van der Waals surface area contributed by atoms with Crippen molar-refractivity contribution in [3.8, 4) is 0 Å². The number of fused-ring (bicyclic) bond motifs is 1. The molecule has 1 amide bonds. The maximum absolute atomic E-state index is 13.0. The SMILES string of the molecule is C[C@@H]1Cc2ccccc2N1S(=O)(=O)c1nnc(NC(=O)C(C)(C)C)s1. The van der Waals surface area contributed by atoms with Gasteiger partial charge in [-0.2, -0.15) is 8.42 Å². The third-order valence-electron chi connectivity index (χ3n) is 3.93. The Labute approximate surface area is 151 Å².